The Morgan fingerprint density at radius 2 is 1.38 bits per heavy atom. The summed E-state index contributed by atoms with van der Waals surface area (Å²) in [7, 11) is 0. The highest BCUT2D eigenvalue weighted by atomic mass is 14.6. The van der Waals surface area contributed by atoms with E-state index in [0.717, 1.165) is 5.92 Å². The Morgan fingerprint density at radius 1 is 0.846 bits per heavy atom. The minimum atomic E-state index is 0.458. The van der Waals surface area contributed by atoms with E-state index in [-0.39, 0.29) is 0 Å². The first-order chi connectivity index (χ1) is 6.26. The van der Waals surface area contributed by atoms with Crippen molar-refractivity contribution in [3.63, 3.8) is 0 Å². The fourth-order valence-corrected chi connectivity index (χ4v) is 1.99. The molecule has 0 bridgehead atoms. The van der Waals surface area contributed by atoms with Crippen LogP contribution in [0.15, 0.2) is 0 Å². The molecule has 1 unspecified atom stereocenters. The van der Waals surface area contributed by atoms with Crippen molar-refractivity contribution in [2.75, 3.05) is 0 Å². The van der Waals surface area contributed by atoms with Crippen LogP contribution in [0.2, 0.25) is 0 Å². The maximum atomic E-state index is 6.18. The van der Waals surface area contributed by atoms with Crippen molar-refractivity contribution in [2.24, 2.45) is 11.7 Å². The summed E-state index contributed by atoms with van der Waals surface area (Å²) in [6.45, 7) is 6.76. The zero-order chi connectivity index (χ0) is 10.1. The van der Waals surface area contributed by atoms with Crippen LogP contribution in [-0.2, 0) is 0 Å². The molecule has 0 aliphatic rings. The van der Waals surface area contributed by atoms with Gasteiger partial charge in [0, 0.05) is 6.04 Å². The summed E-state index contributed by atoms with van der Waals surface area (Å²) in [5.74, 6) is 0.779. The minimum Gasteiger partial charge on any atom is -0.327 e. The van der Waals surface area contributed by atoms with Gasteiger partial charge in [-0.25, -0.2) is 0 Å². The Kier molecular flexibility index (Phi) is 8.53. The van der Waals surface area contributed by atoms with Gasteiger partial charge in [-0.05, 0) is 25.2 Å². The van der Waals surface area contributed by atoms with Crippen molar-refractivity contribution in [1.29, 1.82) is 0 Å². The highest BCUT2D eigenvalue weighted by Crippen LogP contribution is 2.19. The predicted molar refractivity (Wildman–Crippen MR) is 60.8 cm³/mol. The summed E-state index contributed by atoms with van der Waals surface area (Å²) in [4.78, 5) is 0. The highest BCUT2D eigenvalue weighted by molar-refractivity contribution is 4.72. The predicted octanol–water partition coefficient (Wildman–Crippen LogP) is 3.72. The fourth-order valence-electron chi connectivity index (χ4n) is 1.99. The molecule has 0 saturated carbocycles. The molecule has 1 atom stereocenters. The van der Waals surface area contributed by atoms with Crippen molar-refractivity contribution in [2.45, 2.75) is 71.8 Å². The molecule has 2 N–H and O–H groups in total. The van der Waals surface area contributed by atoms with Crippen LogP contribution in [0.1, 0.15) is 65.7 Å². The molecule has 0 radical (unpaired) electrons. The Balaban J connectivity index is 3.72. The van der Waals surface area contributed by atoms with Gasteiger partial charge in [0.15, 0.2) is 0 Å². The van der Waals surface area contributed by atoms with Crippen LogP contribution in [-0.4, -0.2) is 6.04 Å². The summed E-state index contributed by atoms with van der Waals surface area (Å²) >= 11 is 0. The minimum absolute atomic E-state index is 0.458. The molecule has 0 amide bonds. The van der Waals surface area contributed by atoms with Gasteiger partial charge in [-0.15, -0.1) is 0 Å². The molecule has 0 aromatic heterocycles. The maximum absolute atomic E-state index is 6.18. The maximum Gasteiger partial charge on any atom is 0.00671 e. The zero-order valence-electron chi connectivity index (χ0n) is 9.68. The summed E-state index contributed by atoms with van der Waals surface area (Å²) in [6.07, 6.45) is 9.00. The normalized spacial score (nSPS) is 13.6. The van der Waals surface area contributed by atoms with E-state index >= 15 is 0 Å². The van der Waals surface area contributed by atoms with E-state index in [4.69, 9.17) is 5.73 Å². The molecule has 0 aromatic rings. The lowest BCUT2D eigenvalue weighted by Crippen LogP contribution is -2.29. The van der Waals surface area contributed by atoms with E-state index in [1.807, 2.05) is 0 Å². The van der Waals surface area contributed by atoms with Gasteiger partial charge in [-0.3, -0.25) is 0 Å². The van der Waals surface area contributed by atoms with E-state index in [2.05, 4.69) is 20.8 Å². The molecule has 0 aromatic carbocycles. The van der Waals surface area contributed by atoms with E-state index in [1.165, 1.54) is 44.9 Å². The summed E-state index contributed by atoms with van der Waals surface area (Å²) in [6, 6.07) is 0.458. The van der Waals surface area contributed by atoms with Crippen molar-refractivity contribution in [3.8, 4) is 0 Å². The van der Waals surface area contributed by atoms with Gasteiger partial charge < -0.3 is 5.73 Å². The fraction of sp³-hybridized carbons (Fsp3) is 1.00. The number of hydrogen-bond donors (Lipinski definition) is 1. The van der Waals surface area contributed by atoms with Gasteiger partial charge in [0.05, 0.1) is 0 Å². The molecule has 1 nitrogen and oxygen atoms in total. The molecule has 0 heterocycles. The SMILES string of the molecule is CCCCC(N)C(CCC)CCC. The Hall–Kier alpha value is -0.0400. The quantitative estimate of drug-likeness (QED) is 0.613. The Morgan fingerprint density at radius 3 is 1.77 bits per heavy atom. The molecule has 0 saturated heterocycles. The van der Waals surface area contributed by atoms with E-state index in [9.17, 15) is 0 Å². The van der Waals surface area contributed by atoms with Crippen LogP contribution < -0.4 is 5.73 Å². The van der Waals surface area contributed by atoms with Gasteiger partial charge in [0.1, 0.15) is 0 Å². The number of nitrogens with two attached hydrogens (primary N) is 1. The first kappa shape index (κ1) is 13.0. The lowest BCUT2D eigenvalue weighted by atomic mass is 9.88. The number of unbranched alkanes of at least 4 members (excludes halogenated alkanes) is 1. The van der Waals surface area contributed by atoms with Crippen molar-refractivity contribution < 1.29 is 0 Å². The monoisotopic (exact) mass is 185 g/mol. The Labute approximate surface area is 84.1 Å². The standard InChI is InChI=1S/C12H27N/c1-4-7-10-12(13)11(8-5-2)9-6-3/h11-12H,4-10,13H2,1-3H3. The number of hydrogen-bond acceptors (Lipinski definition) is 1. The first-order valence-corrected chi connectivity index (χ1v) is 6.01. The zero-order valence-corrected chi connectivity index (χ0v) is 9.68. The summed E-state index contributed by atoms with van der Waals surface area (Å²) in [5, 5.41) is 0. The molecule has 0 aliphatic heterocycles. The van der Waals surface area contributed by atoms with Gasteiger partial charge in [-0.1, -0.05) is 46.5 Å². The van der Waals surface area contributed by atoms with Gasteiger partial charge in [0.25, 0.3) is 0 Å². The lowest BCUT2D eigenvalue weighted by Gasteiger charge is -2.22. The Bertz CT molecular complexity index is 95.3. The average Bonchev–Trinajstić information content (AvgIpc) is 2.14. The van der Waals surface area contributed by atoms with E-state index in [0.29, 0.717) is 6.04 Å². The van der Waals surface area contributed by atoms with E-state index < -0.39 is 0 Å². The smallest absolute Gasteiger partial charge is 0.00671 e. The van der Waals surface area contributed by atoms with Crippen molar-refractivity contribution in [3.05, 3.63) is 0 Å². The van der Waals surface area contributed by atoms with Crippen LogP contribution in [0.3, 0.4) is 0 Å². The average molecular weight is 185 g/mol. The van der Waals surface area contributed by atoms with Crippen molar-refractivity contribution in [1.82, 2.24) is 0 Å². The van der Waals surface area contributed by atoms with Crippen LogP contribution in [0.25, 0.3) is 0 Å². The molecule has 1 heteroatoms. The summed E-state index contributed by atoms with van der Waals surface area (Å²) < 4.78 is 0. The molecular formula is C12H27N. The summed E-state index contributed by atoms with van der Waals surface area (Å²) in [5.41, 5.74) is 6.18. The van der Waals surface area contributed by atoms with Gasteiger partial charge in [-0.2, -0.15) is 0 Å². The molecule has 0 aliphatic carbocycles. The van der Waals surface area contributed by atoms with Crippen LogP contribution in [0.5, 0.6) is 0 Å². The van der Waals surface area contributed by atoms with Gasteiger partial charge >= 0.3 is 0 Å². The van der Waals surface area contributed by atoms with Crippen molar-refractivity contribution >= 4 is 0 Å². The molecular weight excluding hydrogens is 158 g/mol. The van der Waals surface area contributed by atoms with Crippen LogP contribution in [0.4, 0.5) is 0 Å². The molecule has 0 fully saturated rings. The second-order valence-corrected chi connectivity index (χ2v) is 4.14. The third-order valence-corrected chi connectivity index (χ3v) is 2.82. The van der Waals surface area contributed by atoms with Crippen LogP contribution >= 0.6 is 0 Å². The molecule has 80 valence electrons. The molecule has 0 spiro atoms. The van der Waals surface area contributed by atoms with Gasteiger partial charge in [0.2, 0.25) is 0 Å². The third kappa shape index (κ3) is 6.09. The second-order valence-electron chi connectivity index (χ2n) is 4.14. The third-order valence-electron chi connectivity index (χ3n) is 2.82. The highest BCUT2D eigenvalue weighted by Gasteiger charge is 2.14. The largest absolute Gasteiger partial charge is 0.327 e. The van der Waals surface area contributed by atoms with E-state index in [1.54, 1.807) is 0 Å². The lowest BCUT2D eigenvalue weighted by molar-refractivity contribution is 0.341. The number of rotatable bonds is 8. The molecule has 0 rings (SSSR count). The van der Waals surface area contributed by atoms with Crippen LogP contribution in [0, 0.1) is 5.92 Å². The first-order valence-electron chi connectivity index (χ1n) is 6.01. The molecule has 13 heavy (non-hydrogen) atoms. The second kappa shape index (κ2) is 8.55. The topological polar surface area (TPSA) is 26.0 Å².